The van der Waals surface area contributed by atoms with Crippen molar-refractivity contribution in [2.24, 2.45) is 0 Å². The van der Waals surface area contributed by atoms with Crippen LogP contribution in [0.4, 0.5) is 0 Å². The zero-order valence-corrected chi connectivity index (χ0v) is 12.9. The van der Waals surface area contributed by atoms with Crippen molar-refractivity contribution < 1.29 is 14.3 Å². The van der Waals surface area contributed by atoms with Crippen LogP contribution in [0.15, 0.2) is 18.2 Å². The smallest absolute Gasteiger partial charge is 0.325 e. The summed E-state index contributed by atoms with van der Waals surface area (Å²) >= 11 is 0. The van der Waals surface area contributed by atoms with Crippen LogP contribution in [0.2, 0.25) is 0 Å². The van der Waals surface area contributed by atoms with Gasteiger partial charge in [-0.15, -0.1) is 0 Å². The number of fused-ring (bicyclic) bond motifs is 2. The summed E-state index contributed by atoms with van der Waals surface area (Å²) in [5.74, 6) is 0.307. The summed E-state index contributed by atoms with van der Waals surface area (Å²) in [5, 5.41) is 0. The van der Waals surface area contributed by atoms with Crippen LogP contribution in [0.5, 0.6) is 0 Å². The highest BCUT2D eigenvalue weighted by atomic mass is 16.5. The Bertz CT molecular complexity index is 644. The molecule has 0 atom stereocenters. The van der Waals surface area contributed by atoms with Gasteiger partial charge < -0.3 is 9.64 Å². The van der Waals surface area contributed by atoms with Gasteiger partial charge in [0, 0.05) is 17.5 Å². The highest BCUT2D eigenvalue weighted by Crippen LogP contribution is 2.53. The predicted molar refractivity (Wildman–Crippen MR) is 81.9 cm³/mol. The van der Waals surface area contributed by atoms with Crippen LogP contribution >= 0.6 is 0 Å². The molecular formula is C18H21NO3. The largest absolute Gasteiger partial charge is 0.468 e. The van der Waals surface area contributed by atoms with Crippen LogP contribution in [-0.4, -0.2) is 37.0 Å². The van der Waals surface area contributed by atoms with E-state index >= 15 is 0 Å². The molecule has 0 N–H and O–H groups in total. The van der Waals surface area contributed by atoms with Gasteiger partial charge in [-0.2, -0.15) is 0 Å². The zero-order valence-electron chi connectivity index (χ0n) is 12.9. The number of rotatable bonds is 3. The standard InChI is InChI=1S/C18H21NO3/c1-22-16(20)10-19-11-18(7-8-18)15-9-13(12-3-2-4-12)5-6-14(15)17(19)21/h5-6,9,12H,2-4,7-8,10-11H2,1H3. The Labute approximate surface area is 130 Å². The molecule has 1 heterocycles. The SMILES string of the molecule is COC(=O)CN1CC2(CC2)c2cc(C3CCC3)ccc2C1=O. The maximum Gasteiger partial charge on any atom is 0.325 e. The molecule has 0 radical (unpaired) electrons. The number of esters is 1. The molecule has 1 amide bonds. The Morgan fingerprint density at radius 2 is 2.14 bits per heavy atom. The fraction of sp³-hybridized carbons (Fsp3) is 0.556. The van der Waals surface area contributed by atoms with Gasteiger partial charge in [0.25, 0.3) is 5.91 Å². The minimum atomic E-state index is -0.348. The average Bonchev–Trinajstić information content (AvgIpc) is 3.23. The Morgan fingerprint density at radius 1 is 1.36 bits per heavy atom. The van der Waals surface area contributed by atoms with Crippen LogP contribution in [0.25, 0.3) is 0 Å². The van der Waals surface area contributed by atoms with Crippen molar-refractivity contribution in [1.29, 1.82) is 0 Å². The van der Waals surface area contributed by atoms with E-state index in [1.165, 1.54) is 37.5 Å². The second-order valence-electron chi connectivity index (χ2n) is 6.95. The van der Waals surface area contributed by atoms with Gasteiger partial charge >= 0.3 is 5.97 Å². The molecule has 0 saturated heterocycles. The van der Waals surface area contributed by atoms with Crippen molar-refractivity contribution in [3.63, 3.8) is 0 Å². The fourth-order valence-corrected chi connectivity index (χ4v) is 3.80. The molecule has 0 aromatic heterocycles. The molecule has 1 aromatic carbocycles. The third-order valence-electron chi connectivity index (χ3n) is 5.60. The first-order valence-corrected chi connectivity index (χ1v) is 8.13. The second-order valence-corrected chi connectivity index (χ2v) is 6.95. The third kappa shape index (κ3) is 2.04. The number of nitrogens with zero attached hydrogens (tertiary/aromatic N) is 1. The highest BCUT2D eigenvalue weighted by molar-refractivity contribution is 5.99. The first-order chi connectivity index (χ1) is 10.6. The van der Waals surface area contributed by atoms with E-state index in [-0.39, 0.29) is 23.8 Å². The lowest BCUT2D eigenvalue weighted by Crippen LogP contribution is -2.46. The third-order valence-corrected chi connectivity index (χ3v) is 5.60. The van der Waals surface area contributed by atoms with Gasteiger partial charge in [0.1, 0.15) is 6.54 Å². The molecule has 2 saturated carbocycles. The Balaban J connectivity index is 1.68. The molecule has 116 valence electrons. The van der Waals surface area contributed by atoms with Gasteiger partial charge in [0.2, 0.25) is 0 Å². The fourth-order valence-electron chi connectivity index (χ4n) is 3.80. The Hall–Kier alpha value is -1.84. The number of amides is 1. The molecule has 22 heavy (non-hydrogen) atoms. The quantitative estimate of drug-likeness (QED) is 0.806. The van der Waals surface area contributed by atoms with E-state index in [0.717, 1.165) is 18.4 Å². The van der Waals surface area contributed by atoms with Gasteiger partial charge in [-0.1, -0.05) is 18.6 Å². The van der Waals surface area contributed by atoms with Crippen molar-refractivity contribution in [2.75, 3.05) is 20.2 Å². The first-order valence-electron chi connectivity index (χ1n) is 8.13. The number of carbonyl (C=O) groups excluding carboxylic acids is 2. The molecule has 1 spiro atoms. The van der Waals surface area contributed by atoms with Crippen molar-refractivity contribution in [2.45, 2.75) is 43.4 Å². The van der Waals surface area contributed by atoms with Crippen molar-refractivity contribution >= 4 is 11.9 Å². The van der Waals surface area contributed by atoms with E-state index in [9.17, 15) is 9.59 Å². The summed E-state index contributed by atoms with van der Waals surface area (Å²) in [6, 6.07) is 6.37. The molecule has 2 fully saturated rings. The van der Waals surface area contributed by atoms with E-state index < -0.39 is 0 Å². The highest BCUT2D eigenvalue weighted by Gasteiger charge is 2.51. The van der Waals surface area contributed by atoms with E-state index in [4.69, 9.17) is 4.74 Å². The molecule has 0 bridgehead atoms. The van der Waals surface area contributed by atoms with Crippen LogP contribution in [-0.2, 0) is 14.9 Å². The van der Waals surface area contributed by atoms with Gasteiger partial charge in [0.15, 0.2) is 0 Å². The number of ether oxygens (including phenoxy) is 1. The predicted octanol–water partition coefficient (Wildman–Crippen LogP) is 2.61. The lowest BCUT2D eigenvalue weighted by molar-refractivity contribution is -0.141. The monoisotopic (exact) mass is 299 g/mol. The van der Waals surface area contributed by atoms with Crippen LogP contribution in [0.1, 0.15) is 59.5 Å². The normalized spacial score (nSPS) is 22.2. The van der Waals surface area contributed by atoms with Crippen molar-refractivity contribution in [3.05, 3.63) is 34.9 Å². The van der Waals surface area contributed by atoms with E-state index in [0.29, 0.717) is 12.5 Å². The molecule has 4 rings (SSSR count). The van der Waals surface area contributed by atoms with E-state index in [1.807, 2.05) is 6.07 Å². The zero-order chi connectivity index (χ0) is 15.3. The minimum absolute atomic E-state index is 0.0296. The lowest BCUT2D eigenvalue weighted by atomic mass is 9.77. The summed E-state index contributed by atoms with van der Waals surface area (Å²) in [7, 11) is 1.36. The number of benzene rings is 1. The van der Waals surface area contributed by atoms with Crippen LogP contribution in [0.3, 0.4) is 0 Å². The number of hydrogen-bond acceptors (Lipinski definition) is 3. The summed E-state index contributed by atoms with van der Waals surface area (Å²) in [6.07, 6.45) is 6.08. The Kier molecular flexibility index (Phi) is 3.03. The van der Waals surface area contributed by atoms with Gasteiger partial charge in [0.05, 0.1) is 7.11 Å². The second kappa shape index (κ2) is 4.83. The number of methoxy groups -OCH3 is 1. The molecule has 1 aromatic rings. The molecule has 4 nitrogen and oxygen atoms in total. The van der Waals surface area contributed by atoms with Crippen LogP contribution < -0.4 is 0 Å². The molecule has 0 unspecified atom stereocenters. The summed E-state index contributed by atoms with van der Waals surface area (Å²) in [4.78, 5) is 25.9. The molecule has 1 aliphatic heterocycles. The summed E-state index contributed by atoms with van der Waals surface area (Å²) in [5.41, 5.74) is 3.50. The molecule has 3 aliphatic rings. The molecule has 2 aliphatic carbocycles. The maximum atomic E-state index is 12.7. The molecule has 4 heteroatoms. The minimum Gasteiger partial charge on any atom is -0.468 e. The molecular weight excluding hydrogens is 278 g/mol. The van der Waals surface area contributed by atoms with Crippen molar-refractivity contribution in [3.8, 4) is 0 Å². The average molecular weight is 299 g/mol. The summed E-state index contributed by atoms with van der Waals surface area (Å²) < 4.78 is 4.72. The first kappa shape index (κ1) is 13.8. The summed E-state index contributed by atoms with van der Waals surface area (Å²) in [6.45, 7) is 0.711. The van der Waals surface area contributed by atoms with Crippen molar-refractivity contribution in [1.82, 2.24) is 4.90 Å². The van der Waals surface area contributed by atoms with Gasteiger partial charge in [-0.25, -0.2) is 0 Å². The number of hydrogen-bond donors (Lipinski definition) is 0. The maximum absolute atomic E-state index is 12.7. The topological polar surface area (TPSA) is 46.6 Å². The van der Waals surface area contributed by atoms with Gasteiger partial charge in [-0.3, -0.25) is 9.59 Å². The van der Waals surface area contributed by atoms with Crippen LogP contribution in [0, 0.1) is 0 Å². The number of carbonyl (C=O) groups is 2. The van der Waals surface area contributed by atoms with Gasteiger partial charge in [-0.05, 0) is 48.8 Å². The Morgan fingerprint density at radius 3 is 2.73 bits per heavy atom. The van der Waals surface area contributed by atoms with E-state index in [2.05, 4.69) is 12.1 Å². The van der Waals surface area contributed by atoms with E-state index in [1.54, 1.807) is 4.90 Å². The lowest BCUT2D eigenvalue weighted by Gasteiger charge is -2.35.